The molecule has 0 spiro atoms. The van der Waals surface area contributed by atoms with Gasteiger partial charge in [-0.3, -0.25) is 4.79 Å². The lowest BCUT2D eigenvalue weighted by Crippen LogP contribution is -2.56. The Kier molecular flexibility index (Phi) is 5.61. The van der Waals surface area contributed by atoms with Crippen molar-refractivity contribution in [1.82, 2.24) is 4.48 Å². The first-order chi connectivity index (χ1) is 13.4. The third-order valence-electron chi connectivity index (χ3n) is 5.34. The minimum absolute atomic E-state index is 0.116. The minimum Gasteiger partial charge on any atom is -0.477 e. The zero-order valence-corrected chi connectivity index (χ0v) is 16.5. The third kappa shape index (κ3) is 3.55. The van der Waals surface area contributed by atoms with E-state index < -0.39 is 5.97 Å². The van der Waals surface area contributed by atoms with Gasteiger partial charge < -0.3 is 10.4 Å². The Bertz CT molecular complexity index is 932. The highest BCUT2D eigenvalue weighted by Gasteiger charge is 2.44. The molecule has 3 rings (SSSR count). The van der Waals surface area contributed by atoms with E-state index in [1.807, 2.05) is 45.0 Å². The summed E-state index contributed by atoms with van der Waals surface area (Å²) in [7, 11) is 0. The molecule has 28 heavy (non-hydrogen) atoms. The number of hydrogen-bond acceptors (Lipinski definition) is 3. The Labute approximate surface area is 165 Å². The lowest BCUT2D eigenvalue weighted by Gasteiger charge is -2.34. The van der Waals surface area contributed by atoms with E-state index >= 15 is 0 Å². The number of carbonyl (C=O) groups excluding carboxylic acids is 1. The van der Waals surface area contributed by atoms with Crippen molar-refractivity contribution in [3.05, 3.63) is 59.2 Å². The molecule has 2 N–H and O–H groups in total. The molecule has 1 aliphatic heterocycles. The summed E-state index contributed by atoms with van der Waals surface area (Å²) < 4.78 is 0.162. The summed E-state index contributed by atoms with van der Waals surface area (Å²) in [5.74, 6) is -0.309. The highest BCUT2D eigenvalue weighted by molar-refractivity contribution is 6.06. The maximum absolute atomic E-state index is 13.1. The Morgan fingerprint density at radius 2 is 1.79 bits per heavy atom. The number of hydrogen-bond donors (Lipinski definition) is 2. The van der Waals surface area contributed by atoms with E-state index in [0.717, 1.165) is 22.6 Å². The van der Waals surface area contributed by atoms with E-state index in [1.165, 1.54) is 0 Å². The Morgan fingerprint density at radius 3 is 2.43 bits per heavy atom. The zero-order valence-electron chi connectivity index (χ0n) is 16.5. The normalized spacial score (nSPS) is 18.6. The number of para-hydroxylation sites is 2. The molecule has 6 heteroatoms. The minimum atomic E-state index is -0.995. The summed E-state index contributed by atoms with van der Waals surface area (Å²) in [5, 5.41) is 12.7. The predicted octanol–water partition coefficient (Wildman–Crippen LogP) is 3.77. The van der Waals surface area contributed by atoms with Crippen LogP contribution in [0.2, 0.25) is 0 Å². The smallest absolute Gasteiger partial charge is 0.341 e. The van der Waals surface area contributed by atoms with Crippen molar-refractivity contribution in [3.8, 4) is 0 Å². The second-order valence-corrected chi connectivity index (χ2v) is 7.14. The van der Waals surface area contributed by atoms with E-state index in [4.69, 9.17) is 0 Å². The van der Waals surface area contributed by atoms with Crippen molar-refractivity contribution in [2.75, 3.05) is 25.0 Å². The van der Waals surface area contributed by atoms with Gasteiger partial charge in [-0.25, -0.2) is 14.3 Å². The largest absolute Gasteiger partial charge is 0.477 e. The molecule has 0 bridgehead atoms. The lowest BCUT2D eigenvalue weighted by molar-refractivity contribution is -0.116. The van der Waals surface area contributed by atoms with Crippen molar-refractivity contribution >= 4 is 29.1 Å². The molecule has 0 fully saturated rings. The summed E-state index contributed by atoms with van der Waals surface area (Å²) in [5.41, 5.74) is 3.63. The van der Waals surface area contributed by atoms with Crippen LogP contribution in [0.15, 0.2) is 47.5 Å². The van der Waals surface area contributed by atoms with Crippen LogP contribution in [0, 0.1) is 13.8 Å². The fourth-order valence-corrected chi connectivity index (χ4v) is 4.01. The van der Waals surface area contributed by atoms with E-state index in [0.29, 0.717) is 25.2 Å². The number of benzene rings is 2. The maximum Gasteiger partial charge on any atom is 0.341 e. The second kappa shape index (κ2) is 7.94. The highest BCUT2D eigenvalue weighted by Crippen LogP contribution is 2.32. The van der Waals surface area contributed by atoms with Crippen molar-refractivity contribution in [2.24, 2.45) is 4.99 Å². The first kappa shape index (κ1) is 19.8. The van der Waals surface area contributed by atoms with Crippen LogP contribution in [0.4, 0.5) is 11.4 Å². The van der Waals surface area contributed by atoms with Crippen molar-refractivity contribution in [2.45, 2.75) is 27.2 Å². The zero-order chi connectivity index (χ0) is 20.3. The van der Waals surface area contributed by atoms with Crippen molar-refractivity contribution < 1.29 is 14.7 Å². The maximum atomic E-state index is 13.1. The summed E-state index contributed by atoms with van der Waals surface area (Å²) in [6, 6.07) is 12.8. The van der Waals surface area contributed by atoms with E-state index in [-0.39, 0.29) is 22.5 Å². The topological polar surface area (TPSA) is 78.8 Å². The predicted molar refractivity (Wildman–Crippen MR) is 112 cm³/mol. The van der Waals surface area contributed by atoms with E-state index in [9.17, 15) is 14.7 Å². The molecular weight excluding hydrogens is 354 g/mol. The van der Waals surface area contributed by atoms with Gasteiger partial charge >= 0.3 is 5.97 Å². The number of amides is 1. The molecule has 0 aromatic heterocycles. The van der Waals surface area contributed by atoms with Gasteiger partial charge in [0.2, 0.25) is 5.84 Å². The average Bonchev–Trinajstić information content (AvgIpc) is 3.08. The molecule has 146 valence electrons. The van der Waals surface area contributed by atoms with Crippen LogP contribution in [-0.4, -0.2) is 42.5 Å². The number of quaternary nitrogens is 1. The van der Waals surface area contributed by atoms with Gasteiger partial charge in [-0.15, -0.1) is 0 Å². The van der Waals surface area contributed by atoms with Gasteiger partial charge in [-0.2, -0.15) is 0 Å². The van der Waals surface area contributed by atoms with Crippen LogP contribution < -0.4 is 9.80 Å². The summed E-state index contributed by atoms with van der Waals surface area (Å²) in [6.45, 7) is 7.18. The van der Waals surface area contributed by atoms with Crippen molar-refractivity contribution in [1.29, 1.82) is 0 Å². The van der Waals surface area contributed by atoms with Gasteiger partial charge in [0.25, 0.3) is 5.91 Å². The Morgan fingerprint density at radius 1 is 1.11 bits per heavy atom. The standard InChI is InChI=1S/C22H25N3O3/c1-4-19-23-12-13-25(19,18-11-6-5-10-17(18)22(27)28)14-20(26)24-21-15(2)8-7-9-16(21)3/h5-11H,4,12-14H2,1-3H3,(H-,24,26,27,28)/p+1. The van der Waals surface area contributed by atoms with Gasteiger partial charge in [0.05, 0.1) is 6.54 Å². The van der Waals surface area contributed by atoms with Gasteiger partial charge in [0.15, 0.2) is 12.2 Å². The average molecular weight is 380 g/mol. The van der Waals surface area contributed by atoms with Crippen LogP contribution in [-0.2, 0) is 4.79 Å². The number of carboxylic acids is 1. The first-order valence-corrected chi connectivity index (χ1v) is 9.49. The van der Waals surface area contributed by atoms with Gasteiger partial charge in [0.1, 0.15) is 12.1 Å². The SMILES string of the molecule is CCC1=NCC[N+]1(CC(=O)Nc1c(C)cccc1C)c1ccccc1C(=O)O. The molecule has 1 unspecified atom stereocenters. The van der Waals surface area contributed by atoms with E-state index in [2.05, 4.69) is 10.3 Å². The molecule has 6 nitrogen and oxygen atoms in total. The van der Waals surface area contributed by atoms with Crippen LogP contribution in [0.25, 0.3) is 0 Å². The number of aromatic carboxylic acids is 1. The number of carbonyl (C=O) groups is 2. The van der Waals surface area contributed by atoms with Gasteiger partial charge in [-0.05, 0) is 31.0 Å². The molecule has 1 amide bonds. The summed E-state index contributed by atoms with van der Waals surface area (Å²) >= 11 is 0. The molecular formula is C22H26N3O3+. The molecule has 1 aliphatic rings. The molecule has 0 radical (unpaired) electrons. The molecule has 0 saturated carbocycles. The number of nitrogens with zero attached hydrogens (tertiary/aromatic N) is 2. The van der Waals surface area contributed by atoms with Crippen LogP contribution in [0.1, 0.15) is 34.8 Å². The number of amidine groups is 1. The number of aryl methyl sites for hydroxylation is 2. The van der Waals surface area contributed by atoms with Gasteiger partial charge in [-0.1, -0.05) is 37.3 Å². The molecule has 1 atom stereocenters. The molecule has 0 saturated heterocycles. The van der Waals surface area contributed by atoms with Crippen LogP contribution in [0.3, 0.4) is 0 Å². The van der Waals surface area contributed by atoms with Gasteiger partial charge in [0, 0.05) is 18.2 Å². The molecule has 1 heterocycles. The Balaban J connectivity index is 2.00. The monoisotopic (exact) mass is 380 g/mol. The van der Waals surface area contributed by atoms with E-state index in [1.54, 1.807) is 18.2 Å². The fourth-order valence-electron chi connectivity index (χ4n) is 4.01. The fraction of sp³-hybridized carbons (Fsp3) is 0.318. The number of aliphatic imine (C=N–C) groups is 1. The number of anilines is 1. The van der Waals surface area contributed by atoms with Crippen LogP contribution in [0.5, 0.6) is 0 Å². The summed E-state index contributed by atoms with van der Waals surface area (Å²) in [6.07, 6.45) is 0.657. The Hall–Kier alpha value is -2.99. The number of carboxylic acid groups (broad SMARTS) is 1. The third-order valence-corrected chi connectivity index (χ3v) is 5.34. The quantitative estimate of drug-likeness (QED) is 0.749. The van der Waals surface area contributed by atoms with Crippen molar-refractivity contribution in [3.63, 3.8) is 0 Å². The molecule has 2 aromatic carbocycles. The van der Waals surface area contributed by atoms with Crippen LogP contribution >= 0.6 is 0 Å². The summed E-state index contributed by atoms with van der Waals surface area (Å²) in [4.78, 5) is 29.5. The molecule has 2 aromatic rings. The molecule has 0 aliphatic carbocycles. The highest BCUT2D eigenvalue weighted by atomic mass is 16.4. The second-order valence-electron chi connectivity index (χ2n) is 7.14. The first-order valence-electron chi connectivity index (χ1n) is 9.49. The lowest BCUT2D eigenvalue weighted by atomic mass is 10.1. The number of rotatable bonds is 6. The number of nitrogens with one attached hydrogen (secondary N) is 1.